The number of benzene rings is 4. The van der Waals surface area contributed by atoms with Gasteiger partial charge < -0.3 is 10.1 Å². The smallest absolute Gasteiger partial charge is 0.164 e. The molecule has 0 atom stereocenters. The van der Waals surface area contributed by atoms with Crippen LogP contribution in [0.5, 0.6) is 0 Å². The molecule has 0 saturated heterocycles. The number of aromatic nitrogens is 1. The van der Waals surface area contributed by atoms with Crippen molar-refractivity contribution in [1.82, 2.24) is 4.98 Å². The van der Waals surface area contributed by atoms with Gasteiger partial charge in [0.1, 0.15) is 11.6 Å². The van der Waals surface area contributed by atoms with Crippen LogP contribution in [0.4, 0.5) is 4.39 Å². The summed E-state index contributed by atoms with van der Waals surface area (Å²) in [6, 6.07) is 25.2. The molecule has 1 radical (unpaired) electrons. The van der Waals surface area contributed by atoms with E-state index in [-0.39, 0.29) is 48.3 Å². The van der Waals surface area contributed by atoms with Gasteiger partial charge in [-0.25, -0.2) is 4.39 Å². The summed E-state index contributed by atoms with van der Waals surface area (Å²) in [5.74, 6) is -0.0129. The van der Waals surface area contributed by atoms with E-state index >= 15 is 0 Å². The summed E-state index contributed by atoms with van der Waals surface area (Å²) in [6.07, 6.45) is 4.81. The first-order valence-electron chi connectivity index (χ1n) is 15.7. The van der Waals surface area contributed by atoms with E-state index in [4.69, 9.17) is 0 Å². The van der Waals surface area contributed by atoms with E-state index in [0.717, 1.165) is 56.9 Å². The number of rotatable bonds is 7. The zero-order valence-corrected chi connectivity index (χ0v) is 30.8. The Balaban J connectivity index is 0.000000309. The van der Waals surface area contributed by atoms with Crippen LogP contribution in [0.2, 0.25) is 0 Å². The number of aliphatic hydroxyl groups excluding tert-OH is 1. The Morgan fingerprint density at radius 1 is 0.848 bits per heavy atom. The monoisotopic (exact) mass is 795 g/mol. The molecule has 0 unspecified atom stereocenters. The summed E-state index contributed by atoms with van der Waals surface area (Å²) in [7, 11) is 0. The van der Waals surface area contributed by atoms with Crippen LogP contribution in [0.25, 0.3) is 43.9 Å². The van der Waals surface area contributed by atoms with Gasteiger partial charge in [0, 0.05) is 48.6 Å². The van der Waals surface area contributed by atoms with Crippen molar-refractivity contribution in [2.45, 2.75) is 75.2 Å². The third kappa shape index (κ3) is 7.82. The minimum Gasteiger partial charge on any atom is -0.512 e. The van der Waals surface area contributed by atoms with Gasteiger partial charge in [-0.15, -0.1) is 34.9 Å². The number of aryl methyl sites for hydroxylation is 3. The molecule has 0 aliphatic heterocycles. The van der Waals surface area contributed by atoms with Gasteiger partial charge in [-0.2, -0.15) is 0 Å². The van der Waals surface area contributed by atoms with Crippen LogP contribution < -0.4 is 0 Å². The Hall–Kier alpha value is -3.66. The van der Waals surface area contributed by atoms with Crippen molar-refractivity contribution in [1.29, 1.82) is 0 Å². The van der Waals surface area contributed by atoms with E-state index in [9.17, 15) is 14.3 Å². The maximum Gasteiger partial charge on any atom is 0.164 e. The van der Waals surface area contributed by atoms with Crippen LogP contribution in [0, 0.1) is 43.5 Å². The van der Waals surface area contributed by atoms with Gasteiger partial charge in [-0.1, -0.05) is 97.9 Å². The van der Waals surface area contributed by atoms with E-state index < -0.39 is 0 Å². The maximum atomic E-state index is 14.8. The maximum absolute atomic E-state index is 14.8. The van der Waals surface area contributed by atoms with Crippen LogP contribution in [-0.4, -0.2) is 15.9 Å². The minimum absolute atomic E-state index is 0. The molecule has 0 bridgehead atoms. The molecule has 0 amide bonds. The van der Waals surface area contributed by atoms with Crippen molar-refractivity contribution in [2.75, 3.05) is 0 Å². The number of ketones is 1. The fourth-order valence-electron chi connectivity index (χ4n) is 5.28. The Bertz CT molecular complexity index is 1880. The Morgan fingerprint density at radius 2 is 1.50 bits per heavy atom. The molecule has 3 nitrogen and oxygen atoms in total. The summed E-state index contributed by atoms with van der Waals surface area (Å²) in [6.45, 7) is 17.9. The van der Waals surface area contributed by atoms with Gasteiger partial charge in [0.05, 0.1) is 0 Å². The zero-order chi connectivity index (χ0) is 33.1. The van der Waals surface area contributed by atoms with Gasteiger partial charge >= 0.3 is 0 Å². The number of carbonyl (C=O) groups is 1. The second-order valence-corrected chi connectivity index (χ2v) is 13.3. The molecular weight excluding hydrogens is 750 g/mol. The molecule has 243 valence electrons. The quantitative estimate of drug-likeness (QED) is 0.0773. The topological polar surface area (TPSA) is 50.2 Å². The van der Waals surface area contributed by atoms with Gasteiger partial charge in [-0.3, -0.25) is 4.79 Å². The van der Waals surface area contributed by atoms with Crippen molar-refractivity contribution in [3.63, 3.8) is 0 Å². The molecule has 0 aliphatic carbocycles. The van der Waals surface area contributed by atoms with Crippen LogP contribution in [-0.2, 0) is 24.9 Å². The van der Waals surface area contributed by atoms with Crippen molar-refractivity contribution < 1.29 is 34.4 Å². The normalized spacial score (nSPS) is 12.0. The predicted molar refractivity (Wildman–Crippen MR) is 187 cm³/mol. The number of nitrogens with zero attached hydrogens (tertiary/aromatic N) is 1. The third-order valence-electron chi connectivity index (χ3n) is 9.10. The molecule has 5 aromatic rings. The van der Waals surface area contributed by atoms with Crippen LogP contribution in [0.1, 0.15) is 71.1 Å². The number of halogens is 1. The van der Waals surface area contributed by atoms with Crippen molar-refractivity contribution >= 4 is 27.3 Å². The average Bonchev–Trinajstić information content (AvgIpc) is 3.01. The average molecular weight is 795 g/mol. The number of hydrogen-bond donors (Lipinski definition) is 1. The van der Waals surface area contributed by atoms with Crippen molar-refractivity contribution in [2.24, 2.45) is 10.8 Å². The molecule has 5 rings (SSSR count). The molecule has 46 heavy (non-hydrogen) atoms. The summed E-state index contributed by atoms with van der Waals surface area (Å²) >= 11 is 0. The fourth-order valence-corrected chi connectivity index (χ4v) is 5.28. The van der Waals surface area contributed by atoms with Gasteiger partial charge in [0.25, 0.3) is 0 Å². The van der Waals surface area contributed by atoms with Crippen LogP contribution >= 0.6 is 0 Å². The number of pyridine rings is 1. The molecule has 1 aromatic heterocycles. The van der Waals surface area contributed by atoms with E-state index in [1.165, 1.54) is 17.2 Å². The fraction of sp³-hybridized carbons (Fsp3) is 0.317. The second-order valence-electron chi connectivity index (χ2n) is 13.3. The van der Waals surface area contributed by atoms with E-state index in [1.807, 2.05) is 91.1 Å². The van der Waals surface area contributed by atoms with E-state index in [1.54, 1.807) is 6.07 Å². The molecule has 1 heterocycles. The Labute approximate surface area is 287 Å². The first-order valence-corrected chi connectivity index (χ1v) is 15.7. The number of allylic oxidation sites excluding steroid dienone is 2. The zero-order valence-electron chi connectivity index (χ0n) is 28.4. The summed E-state index contributed by atoms with van der Waals surface area (Å²) in [4.78, 5) is 16.5. The third-order valence-corrected chi connectivity index (χ3v) is 9.10. The minimum atomic E-state index is -0.377. The number of aliphatic hydroxyl groups is 1. The van der Waals surface area contributed by atoms with Crippen molar-refractivity contribution in [3.05, 3.63) is 113 Å². The largest absolute Gasteiger partial charge is 0.512 e. The summed E-state index contributed by atoms with van der Waals surface area (Å²) < 4.78 is 14.8. The molecule has 0 fully saturated rings. The second kappa shape index (κ2) is 14.8. The predicted octanol–water partition coefficient (Wildman–Crippen LogP) is 11.5. The Kier molecular flexibility index (Phi) is 11.9. The molecule has 0 saturated carbocycles. The van der Waals surface area contributed by atoms with E-state index in [0.29, 0.717) is 5.39 Å². The number of carbonyl (C=O) groups excluding carboxylic acids is 1. The number of fused-ring (bicyclic) bond motifs is 3. The molecule has 0 spiro atoms. The van der Waals surface area contributed by atoms with Crippen LogP contribution in [0.3, 0.4) is 0 Å². The summed E-state index contributed by atoms with van der Waals surface area (Å²) in [5, 5.41) is 13.4. The Morgan fingerprint density at radius 3 is 2.13 bits per heavy atom. The summed E-state index contributed by atoms with van der Waals surface area (Å²) in [5.41, 5.74) is 6.73. The standard InChI is InChI=1S/C28H21FN.C13H24O2.Ir/c1-17-14-18(2)16-20(15-17)28-24-8-9-25-26(29)11-10-22(21-7-5-4-6-19(21)3)27(25)23(24)12-13-30-28;1-7-12(3,4)10(14)9-11(15)13(5,6)8-2;/h4-15H,1-3H3;9,14H,7-8H2,1-6H3;/q-1;;/b;10-9-;. The number of hydrogen-bond acceptors (Lipinski definition) is 3. The molecule has 1 N–H and O–H groups in total. The molecule has 0 aliphatic rings. The first kappa shape index (κ1) is 36.8. The van der Waals surface area contributed by atoms with Gasteiger partial charge in [0.2, 0.25) is 0 Å². The van der Waals surface area contributed by atoms with Gasteiger partial charge in [-0.05, 0) is 70.4 Å². The first-order chi connectivity index (χ1) is 21.2. The van der Waals surface area contributed by atoms with Crippen molar-refractivity contribution in [3.8, 4) is 22.4 Å². The molecule has 5 heteroatoms. The van der Waals surface area contributed by atoms with Crippen LogP contribution in [0.15, 0.2) is 84.8 Å². The molecule has 4 aromatic carbocycles. The van der Waals surface area contributed by atoms with Gasteiger partial charge in [0.15, 0.2) is 5.78 Å². The molecular formula is C41H45FIrNO2-. The SMILES string of the molecule is CCC(C)(C)C(=O)/C=C(\O)C(C)(C)CC.Cc1[c-]c(-c2nccc3c2ccc2c(F)ccc(-c4ccccc4C)c23)cc(C)c1.[Ir]. The van der Waals surface area contributed by atoms with E-state index in [2.05, 4.69) is 49.2 Å².